The van der Waals surface area contributed by atoms with Crippen LogP contribution in [0.1, 0.15) is 55.3 Å². The number of carbonyl (C=O) groups is 1. The highest BCUT2D eigenvalue weighted by Gasteiger charge is 2.50. The van der Waals surface area contributed by atoms with Crippen molar-refractivity contribution < 1.29 is 9.53 Å². The van der Waals surface area contributed by atoms with Gasteiger partial charge in [0.25, 0.3) is 5.91 Å². The third kappa shape index (κ3) is 3.58. The SMILES string of the molecule is O=C(NCC12CC3CC(CC(C3)C1)C2)c1cc(OC2CCNC2)ccc1Cl. The molecule has 1 heterocycles. The van der Waals surface area contributed by atoms with Crippen LogP contribution >= 0.6 is 11.6 Å². The van der Waals surface area contributed by atoms with Crippen LogP contribution in [-0.2, 0) is 0 Å². The number of amides is 1. The molecule has 1 saturated heterocycles. The zero-order chi connectivity index (χ0) is 18.4. The lowest BCUT2D eigenvalue weighted by Crippen LogP contribution is -2.51. The molecular formula is C22H29ClN2O2. The van der Waals surface area contributed by atoms with Gasteiger partial charge in [-0.15, -0.1) is 0 Å². The summed E-state index contributed by atoms with van der Waals surface area (Å²) >= 11 is 6.33. The Bertz CT molecular complexity index is 694. The van der Waals surface area contributed by atoms with Gasteiger partial charge in [-0.3, -0.25) is 4.79 Å². The van der Waals surface area contributed by atoms with Gasteiger partial charge in [0.15, 0.2) is 0 Å². The number of halogens is 1. The molecule has 6 rings (SSSR count). The van der Waals surface area contributed by atoms with E-state index in [1.165, 1.54) is 38.5 Å². The summed E-state index contributed by atoms with van der Waals surface area (Å²) < 4.78 is 6.00. The Balaban J connectivity index is 1.25. The summed E-state index contributed by atoms with van der Waals surface area (Å²) in [5.74, 6) is 3.36. The third-order valence-electron chi connectivity index (χ3n) is 7.29. The van der Waals surface area contributed by atoms with E-state index in [4.69, 9.17) is 16.3 Å². The first-order chi connectivity index (χ1) is 13.1. The Labute approximate surface area is 166 Å². The van der Waals surface area contributed by atoms with Gasteiger partial charge in [-0.25, -0.2) is 0 Å². The van der Waals surface area contributed by atoms with Crippen molar-refractivity contribution >= 4 is 17.5 Å². The molecule has 1 aromatic rings. The van der Waals surface area contributed by atoms with Crippen LogP contribution in [0, 0.1) is 23.2 Å². The van der Waals surface area contributed by atoms with Crippen molar-refractivity contribution in [1.29, 1.82) is 0 Å². The van der Waals surface area contributed by atoms with Crippen molar-refractivity contribution in [2.45, 2.75) is 51.0 Å². The molecule has 1 atom stereocenters. The maximum absolute atomic E-state index is 12.9. The van der Waals surface area contributed by atoms with Gasteiger partial charge >= 0.3 is 0 Å². The smallest absolute Gasteiger partial charge is 0.252 e. The van der Waals surface area contributed by atoms with E-state index in [1.807, 2.05) is 6.07 Å². The molecule has 0 spiro atoms. The molecular weight excluding hydrogens is 360 g/mol. The topological polar surface area (TPSA) is 50.4 Å². The van der Waals surface area contributed by atoms with Crippen molar-refractivity contribution in [3.05, 3.63) is 28.8 Å². The van der Waals surface area contributed by atoms with Crippen LogP contribution in [0.4, 0.5) is 0 Å². The molecule has 4 saturated carbocycles. The molecule has 2 N–H and O–H groups in total. The summed E-state index contributed by atoms with van der Waals surface area (Å²) in [5, 5.41) is 7.02. The number of ether oxygens (including phenoxy) is 1. The molecule has 1 amide bonds. The molecule has 5 fully saturated rings. The van der Waals surface area contributed by atoms with Crippen LogP contribution in [0.2, 0.25) is 5.02 Å². The Hall–Kier alpha value is -1.26. The molecule has 5 heteroatoms. The van der Waals surface area contributed by atoms with E-state index in [0.717, 1.165) is 49.6 Å². The maximum Gasteiger partial charge on any atom is 0.252 e. The molecule has 27 heavy (non-hydrogen) atoms. The van der Waals surface area contributed by atoms with Crippen LogP contribution in [0.15, 0.2) is 18.2 Å². The molecule has 4 nitrogen and oxygen atoms in total. The van der Waals surface area contributed by atoms with Crippen LogP contribution in [0.5, 0.6) is 5.75 Å². The Morgan fingerprint density at radius 1 is 1.19 bits per heavy atom. The fourth-order valence-electron chi connectivity index (χ4n) is 6.54. The summed E-state index contributed by atoms with van der Waals surface area (Å²) in [6, 6.07) is 5.44. The van der Waals surface area contributed by atoms with Crippen molar-refractivity contribution in [3.8, 4) is 5.75 Å². The lowest BCUT2D eigenvalue weighted by molar-refractivity contribution is -0.0503. The Morgan fingerprint density at radius 2 is 1.89 bits per heavy atom. The number of benzene rings is 1. The molecule has 0 radical (unpaired) electrons. The van der Waals surface area contributed by atoms with Gasteiger partial charge in [-0.1, -0.05) is 11.6 Å². The molecule has 4 bridgehead atoms. The van der Waals surface area contributed by atoms with E-state index in [-0.39, 0.29) is 12.0 Å². The minimum atomic E-state index is -0.0641. The first-order valence-corrected chi connectivity index (χ1v) is 10.9. The van der Waals surface area contributed by atoms with Crippen molar-refractivity contribution in [1.82, 2.24) is 10.6 Å². The van der Waals surface area contributed by atoms with Gasteiger partial charge in [-0.05, 0) is 92.9 Å². The van der Waals surface area contributed by atoms with E-state index < -0.39 is 0 Å². The highest BCUT2D eigenvalue weighted by Crippen LogP contribution is 2.59. The van der Waals surface area contributed by atoms with Gasteiger partial charge < -0.3 is 15.4 Å². The fourth-order valence-corrected chi connectivity index (χ4v) is 6.75. The predicted octanol–water partition coefficient (Wildman–Crippen LogP) is 4.03. The average Bonchev–Trinajstić information content (AvgIpc) is 3.13. The Kier molecular flexibility index (Phi) is 4.60. The van der Waals surface area contributed by atoms with E-state index in [2.05, 4.69) is 10.6 Å². The Morgan fingerprint density at radius 3 is 2.52 bits per heavy atom. The number of rotatable bonds is 5. The molecule has 1 aliphatic heterocycles. The van der Waals surface area contributed by atoms with Crippen LogP contribution in [0.25, 0.3) is 0 Å². The van der Waals surface area contributed by atoms with Crippen molar-refractivity contribution in [3.63, 3.8) is 0 Å². The monoisotopic (exact) mass is 388 g/mol. The normalized spacial score (nSPS) is 36.8. The van der Waals surface area contributed by atoms with Gasteiger partial charge in [-0.2, -0.15) is 0 Å². The quantitative estimate of drug-likeness (QED) is 0.800. The number of carbonyl (C=O) groups excluding carboxylic acids is 1. The van der Waals surface area contributed by atoms with E-state index >= 15 is 0 Å². The summed E-state index contributed by atoms with van der Waals surface area (Å²) in [7, 11) is 0. The zero-order valence-corrected chi connectivity index (χ0v) is 16.6. The third-order valence-corrected chi connectivity index (χ3v) is 7.62. The van der Waals surface area contributed by atoms with Crippen LogP contribution in [-0.4, -0.2) is 31.6 Å². The molecule has 4 aliphatic carbocycles. The molecule has 146 valence electrons. The standard InChI is InChI=1S/C22H29ClN2O2/c23-20-2-1-17(27-18-3-4-24-12-18)8-19(20)21(26)25-13-22-9-14-5-15(10-22)7-16(6-14)11-22/h1-2,8,14-16,18,24H,3-7,9-13H2,(H,25,26). The summed E-state index contributed by atoms with van der Waals surface area (Å²) in [4.78, 5) is 12.9. The van der Waals surface area contributed by atoms with Crippen LogP contribution in [0.3, 0.4) is 0 Å². The van der Waals surface area contributed by atoms with Gasteiger partial charge in [0.2, 0.25) is 0 Å². The first-order valence-electron chi connectivity index (χ1n) is 10.5. The second-order valence-electron chi connectivity index (χ2n) is 9.47. The van der Waals surface area contributed by atoms with E-state index in [1.54, 1.807) is 12.1 Å². The average molecular weight is 389 g/mol. The van der Waals surface area contributed by atoms with Gasteiger partial charge in [0.05, 0.1) is 10.6 Å². The van der Waals surface area contributed by atoms with Gasteiger partial charge in [0.1, 0.15) is 11.9 Å². The van der Waals surface area contributed by atoms with E-state index in [0.29, 0.717) is 16.0 Å². The van der Waals surface area contributed by atoms with E-state index in [9.17, 15) is 4.79 Å². The zero-order valence-electron chi connectivity index (χ0n) is 15.8. The molecule has 1 aromatic carbocycles. The second kappa shape index (κ2) is 6.97. The minimum Gasteiger partial charge on any atom is -0.489 e. The lowest BCUT2D eigenvalue weighted by atomic mass is 9.49. The second-order valence-corrected chi connectivity index (χ2v) is 9.88. The highest BCUT2D eigenvalue weighted by atomic mass is 35.5. The predicted molar refractivity (Wildman–Crippen MR) is 106 cm³/mol. The van der Waals surface area contributed by atoms with Crippen LogP contribution < -0.4 is 15.4 Å². The number of hydrogen-bond donors (Lipinski definition) is 2. The summed E-state index contributed by atoms with van der Waals surface area (Å²) in [5.41, 5.74) is 0.866. The fraction of sp³-hybridized carbons (Fsp3) is 0.682. The largest absolute Gasteiger partial charge is 0.489 e. The minimum absolute atomic E-state index is 0.0641. The molecule has 0 aromatic heterocycles. The number of hydrogen-bond acceptors (Lipinski definition) is 3. The van der Waals surface area contributed by atoms with Crippen molar-refractivity contribution in [2.24, 2.45) is 23.2 Å². The lowest BCUT2D eigenvalue weighted by Gasteiger charge is -2.56. The molecule has 1 unspecified atom stereocenters. The van der Waals surface area contributed by atoms with Gasteiger partial charge in [0, 0.05) is 13.1 Å². The first kappa shape index (κ1) is 17.8. The number of nitrogens with one attached hydrogen (secondary N) is 2. The van der Waals surface area contributed by atoms with Crippen molar-refractivity contribution in [2.75, 3.05) is 19.6 Å². The highest BCUT2D eigenvalue weighted by molar-refractivity contribution is 6.33. The summed E-state index contributed by atoms with van der Waals surface area (Å²) in [6.45, 7) is 2.64. The maximum atomic E-state index is 12.9. The summed E-state index contributed by atoms with van der Waals surface area (Å²) in [6.07, 6.45) is 9.34. The molecule has 5 aliphatic rings.